The summed E-state index contributed by atoms with van der Waals surface area (Å²) in [6, 6.07) is 12.2. The lowest BCUT2D eigenvalue weighted by molar-refractivity contribution is -0.00177. The average Bonchev–Trinajstić information content (AvgIpc) is 3.11. The van der Waals surface area contributed by atoms with Gasteiger partial charge in [0.1, 0.15) is 11.9 Å². The Labute approximate surface area is 166 Å². The molecule has 1 unspecified atom stereocenters. The van der Waals surface area contributed by atoms with Crippen molar-refractivity contribution in [3.05, 3.63) is 81.4 Å². The number of amides is 1. The Hall–Kier alpha value is -2.77. The molecule has 1 aliphatic heterocycles. The van der Waals surface area contributed by atoms with Gasteiger partial charge in [-0.3, -0.25) is 4.79 Å². The molecule has 1 amide bonds. The van der Waals surface area contributed by atoms with Gasteiger partial charge in [-0.05, 0) is 30.2 Å². The number of nitrogens with one attached hydrogen (secondary N) is 1. The first-order valence-corrected chi connectivity index (χ1v) is 9.21. The minimum Gasteiger partial charge on any atom is -0.365 e. The fraction of sp³-hybridized carbons (Fsp3) is 0.250. The van der Waals surface area contributed by atoms with E-state index < -0.39 is 5.82 Å². The predicted octanol–water partition coefficient (Wildman–Crippen LogP) is 3.58. The first-order chi connectivity index (χ1) is 13.5. The van der Waals surface area contributed by atoms with Gasteiger partial charge in [0, 0.05) is 11.6 Å². The molecule has 3 aromatic rings. The molecular weight excluding hydrogens is 383 g/mol. The van der Waals surface area contributed by atoms with E-state index in [9.17, 15) is 9.18 Å². The van der Waals surface area contributed by atoms with Crippen LogP contribution >= 0.6 is 11.6 Å². The van der Waals surface area contributed by atoms with Gasteiger partial charge in [0.15, 0.2) is 5.69 Å². The minimum atomic E-state index is -0.423. The van der Waals surface area contributed by atoms with Crippen molar-refractivity contribution in [2.45, 2.75) is 32.7 Å². The van der Waals surface area contributed by atoms with E-state index in [1.165, 1.54) is 23.8 Å². The Morgan fingerprint density at radius 2 is 2.11 bits per heavy atom. The molecule has 28 heavy (non-hydrogen) atoms. The van der Waals surface area contributed by atoms with Crippen molar-refractivity contribution in [1.82, 2.24) is 20.3 Å². The average molecular weight is 401 g/mol. The highest BCUT2D eigenvalue weighted by molar-refractivity contribution is 6.31. The van der Waals surface area contributed by atoms with Crippen molar-refractivity contribution in [1.29, 1.82) is 0 Å². The molecule has 0 radical (unpaired) electrons. The molecule has 1 atom stereocenters. The van der Waals surface area contributed by atoms with Crippen LogP contribution in [-0.2, 0) is 24.4 Å². The van der Waals surface area contributed by atoms with Crippen molar-refractivity contribution in [3.8, 4) is 0 Å². The molecule has 0 spiro atoms. The van der Waals surface area contributed by atoms with E-state index in [0.717, 1.165) is 5.56 Å². The van der Waals surface area contributed by atoms with E-state index in [2.05, 4.69) is 15.6 Å². The summed E-state index contributed by atoms with van der Waals surface area (Å²) in [5.74, 6) is -0.799. The Morgan fingerprint density at radius 1 is 1.32 bits per heavy atom. The second-order valence-electron chi connectivity index (χ2n) is 6.70. The van der Waals surface area contributed by atoms with Gasteiger partial charge in [-0.1, -0.05) is 52.7 Å². The van der Waals surface area contributed by atoms with Gasteiger partial charge in [-0.25, -0.2) is 9.07 Å². The van der Waals surface area contributed by atoms with Gasteiger partial charge in [0.05, 0.1) is 18.8 Å². The van der Waals surface area contributed by atoms with Crippen LogP contribution < -0.4 is 5.32 Å². The van der Waals surface area contributed by atoms with Crippen LogP contribution in [0.1, 0.15) is 39.0 Å². The summed E-state index contributed by atoms with van der Waals surface area (Å²) in [5, 5.41) is 11.1. The Balaban J connectivity index is 1.45. The maximum Gasteiger partial charge on any atom is 0.274 e. The molecule has 2 aromatic carbocycles. The van der Waals surface area contributed by atoms with E-state index in [1.807, 2.05) is 31.2 Å². The third-order valence-electron chi connectivity index (χ3n) is 4.72. The number of rotatable bonds is 4. The molecule has 1 N–H and O–H groups in total. The molecule has 1 aliphatic rings. The third kappa shape index (κ3) is 3.76. The smallest absolute Gasteiger partial charge is 0.274 e. The van der Waals surface area contributed by atoms with Crippen molar-refractivity contribution in [2.75, 3.05) is 0 Å². The summed E-state index contributed by atoms with van der Waals surface area (Å²) in [6.07, 6.45) is -0.135. The molecular formula is C20H18ClFN4O2. The van der Waals surface area contributed by atoms with Crippen molar-refractivity contribution in [2.24, 2.45) is 0 Å². The molecule has 4 rings (SSSR count). The van der Waals surface area contributed by atoms with Gasteiger partial charge in [-0.15, -0.1) is 5.10 Å². The van der Waals surface area contributed by atoms with Crippen LogP contribution in [0.3, 0.4) is 0 Å². The van der Waals surface area contributed by atoms with Gasteiger partial charge < -0.3 is 10.1 Å². The summed E-state index contributed by atoms with van der Waals surface area (Å²) in [5.41, 5.74) is 3.71. The summed E-state index contributed by atoms with van der Waals surface area (Å²) in [4.78, 5) is 12.5. The first kappa shape index (κ1) is 18.6. The lowest BCUT2D eigenvalue weighted by Crippen LogP contribution is -2.27. The highest BCUT2D eigenvalue weighted by Crippen LogP contribution is 2.27. The van der Waals surface area contributed by atoms with Crippen LogP contribution in [0.15, 0.2) is 42.5 Å². The summed E-state index contributed by atoms with van der Waals surface area (Å²) >= 11 is 5.99. The van der Waals surface area contributed by atoms with E-state index >= 15 is 0 Å². The zero-order valence-corrected chi connectivity index (χ0v) is 15.9. The standard InChI is InChI=1S/C20H18ClFN4O2/c1-12-2-4-13(5-3-12)18-10-26-17(11-28-18)19(24-25-26)20(27)23-9-14-6-7-15(22)8-16(14)21/h2-8,18H,9-11H2,1H3,(H,23,27). The van der Waals surface area contributed by atoms with E-state index in [0.29, 0.717) is 17.8 Å². The Kier molecular flexibility index (Phi) is 5.11. The minimum absolute atomic E-state index is 0.135. The predicted molar refractivity (Wildman–Crippen MR) is 101 cm³/mol. The number of carbonyl (C=O) groups excluding carboxylic acids is 1. The van der Waals surface area contributed by atoms with Crippen molar-refractivity contribution in [3.63, 3.8) is 0 Å². The first-order valence-electron chi connectivity index (χ1n) is 8.84. The van der Waals surface area contributed by atoms with Gasteiger partial charge in [0.2, 0.25) is 0 Å². The van der Waals surface area contributed by atoms with Crippen LogP contribution in [0, 0.1) is 12.7 Å². The van der Waals surface area contributed by atoms with Crippen molar-refractivity contribution >= 4 is 17.5 Å². The third-order valence-corrected chi connectivity index (χ3v) is 5.07. The van der Waals surface area contributed by atoms with Crippen LogP contribution in [0.5, 0.6) is 0 Å². The number of carbonyl (C=O) groups is 1. The maximum absolute atomic E-state index is 13.1. The molecule has 0 saturated heterocycles. The van der Waals surface area contributed by atoms with Crippen LogP contribution in [-0.4, -0.2) is 20.9 Å². The fourth-order valence-electron chi connectivity index (χ4n) is 3.10. The SMILES string of the molecule is Cc1ccc(C2Cn3nnc(C(=O)NCc4ccc(F)cc4Cl)c3CO2)cc1. The second kappa shape index (κ2) is 7.69. The number of halogens is 2. The molecule has 1 aromatic heterocycles. The van der Waals surface area contributed by atoms with Crippen molar-refractivity contribution < 1.29 is 13.9 Å². The Bertz CT molecular complexity index is 1020. The maximum atomic E-state index is 13.1. The van der Waals surface area contributed by atoms with Gasteiger partial charge in [-0.2, -0.15) is 0 Å². The van der Waals surface area contributed by atoms with E-state index in [4.69, 9.17) is 16.3 Å². The zero-order valence-electron chi connectivity index (χ0n) is 15.2. The molecule has 0 saturated carbocycles. The highest BCUT2D eigenvalue weighted by atomic mass is 35.5. The topological polar surface area (TPSA) is 69.0 Å². The number of hydrogen-bond donors (Lipinski definition) is 1. The highest BCUT2D eigenvalue weighted by Gasteiger charge is 2.27. The normalized spacial score (nSPS) is 15.9. The fourth-order valence-corrected chi connectivity index (χ4v) is 3.33. The molecule has 0 aliphatic carbocycles. The van der Waals surface area contributed by atoms with E-state index in [1.54, 1.807) is 4.68 Å². The number of aryl methyl sites for hydroxylation is 1. The summed E-state index contributed by atoms with van der Waals surface area (Å²) in [7, 11) is 0. The molecule has 6 nitrogen and oxygen atoms in total. The molecule has 144 valence electrons. The number of fused-ring (bicyclic) bond motifs is 1. The Morgan fingerprint density at radius 3 is 2.86 bits per heavy atom. The number of nitrogens with zero attached hydrogens (tertiary/aromatic N) is 3. The van der Waals surface area contributed by atoms with Crippen LogP contribution in [0.2, 0.25) is 5.02 Å². The van der Waals surface area contributed by atoms with E-state index in [-0.39, 0.29) is 35.9 Å². The molecule has 0 fully saturated rings. The lowest BCUT2D eigenvalue weighted by Gasteiger charge is -2.24. The number of hydrogen-bond acceptors (Lipinski definition) is 4. The number of ether oxygens (including phenoxy) is 1. The number of aromatic nitrogens is 3. The quantitative estimate of drug-likeness (QED) is 0.726. The zero-order chi connectivity index (χ0) is 19.7. The second-order valence-corrected chi connectivity index (χ2v) is 7.10. The van der Waals surface area contributed by atoms with Crippen LogP contribution in [0.25, 0.3) is 0 Å². The molecule has 8 heteroatoms. The van der Waals surface area contributed by atoms with Crippen LogP contribution in [0.4, 0.5) is 4.39 Å². The molecule has 2 heterocycles. The lowest BCUT2D eigenvalue weighted by atomic mass is 10.1. The summed E-state index contributed by atoms with van der Waals surface area (Å²) < 4.78 is 20.8. The molecule has 0 bridgehead atoms. The monoisotopic (exact) mass is 400 g/mol. The van der Waals surface area contributed by atoms with Gasteiger partial charge in [0.25, 0.3) is 5.91 Å². The van der Waals surface area contributed by atoms with Gasteiger partial charge >= 0.3 is 0 Å². The number of benzene rings is 2. The largest absolute Gasteiger partial charge is 0.365 e. The summed E-state index contributed by atoms with van der Waals surface area (Å²) in [6.45, 7) is 2.93.